The molecular weight excluding hydrogens is 447 g/mol. The molecule has 4 aromatic rings. The van der Waals surface area contributed by atoms with Crippen molar-refractivity contribution in [3.8, 4) is 0 Å². The van der Waals surface area contributed by atoms with Crippen LogP contribution in [0, 0.1) is 0 Å². The summed E-state index contributed by atoms with van der Waals surface area (Å²) < 4.78 is 18.6. The lowest BCUT2D eigenvalue weighted by atomic mass is 9.89. The van der Waals surface area contributed by atoms with Crippen LogP contribution >= 0.6 is 18.0 Å². The van der Waals surface area contributed by atoms with Crippen molar-refractivity contribution in [3.05, 3.63) is 96.1 Å². The molecule has 2 fully saturated rings. The highest BCUT2D eigenvalue weighted by Gasteiger charge is 2.54. The van der Waals surface area contributed by atoms with E-state index in [1.54, 1.807) is 0 Å². The minimum atomic E-state index is -3.22. The molecule has 168 valence electrons. The summed E-state index contributed by atoms with van der Waals surface area (Å²) in [5.74, 6) is 0. The number of halogens is 1. The van der Waals surface area contributed by atoms with Crippen LogP contribution in [0.25, 0.3) is 21.5 Å². The lowest BCUT2D eigenvalue weighted by Gasteiger charge is -2.31. The lowest BCUT2D eigenvalue weighted by Crippen LogP contribution is -2.39. The molecule has 0 aromatic heterocycles. The molecule has 4 aromatic carbocycles. The average molecular weight is 475 g/mol. The predicted octanol–water partition coefficient (Wildman–Crippen LogP) is 7.97. The molecule has 3 nitrogen and oxygen atoms in total. The molecule has 2 aliphatic rings. The molecule has 1 saturated heterocycles. The summed E-state index contributed by atoms with van der Waals surface area (Å²) in [6.07, 6.45) is 4.45. The van der Waals surface area contributed by atoms with Gasteiger partial charge in [0.05, 0.1) is 0 Å². The number of rotatable bonds is 4. The lowest BCUT2D eigenvalue weighted by molar-refractivity contribution is 0.198. The summed E-state index contributed by atoms with van der Waals surface area (Å²) in [5, 5.41) is 4.87. The van der Waals surface area contributed by atoms with Gasteiger partial charge >= 0.3 is 6.80 Å². The van der Waals surface area contributed by atoms with Gasteiger partial charge in [0.2, 0.25) is 0 Å². The molecule has 33 heavy (non-hydrogen) atoms. The van der Waals surface area contributed by atoms with Crippen LogP contribution in [0.15, 0.2) is 84.9 Å². The minimum absolute atomic E-state index is 0.232. The maximum Gasteiger partial charge on any atom is 0.305 e. The van der Waals surface area contributed by atoms with Crippen molar-refractivity contribution in [2.75, 3.05) is 0 Å². The van der Waals surface area contributed by atoms with Crippen molar-refractivity contribution in [1.29, 1.82) is 0 Å². The van der Waals surface area contributed by atoms with E-state index in [0.717, 1.165) is 12.8 Å². The van der Waals surface area contributed by atoms with E-state index >= 15 is 0 Å². The van der Waals surface area contributed by atoms with E-state index in [-0.39, 0.29) is 12.1 Å². The van der Waals surface area contributed by atoms with E-state index in [1.807, 2.05) is 0 Å². The fraction of sp³-hybridized carbons (Fsp3) is 0.286. The molecule has 0 bridgehead atoms. The second-order valence-electron chi connectivity index (χ2n) is 9.36. The van der Waals surface area contributed by atoms with Gasteiger partial charge in [-0.1, -0.05) is 97.8 Å². The largest absolute Gasteiger partial charge is 0.305 e. The zero-order valence-electron chi connectivity index (χ0n) is 18.6. The SMILES string of the molecule is O=P1(Cl)N(Cc2cccc3ccccc23)[C@@H]2CCCC[C@H]2N1Cc1cccc2ccccc12. The van der Waals surface area contributed by atoms with Gasteiger partial charge < -0.3 is 0 Å². The first-order valence-electron chi connectivity index (χ1n) is 11.9. The number of nitrogens with zero attached hydrogens (tertiary/aromatic N) is 2. The fourth-order valence-electron chi connectivity index (χ4n) is 5.92. The Morgan fingerprint density at radius 3 is 1.58 bits per heavy atom. The average Bonchev–Trinajstić information content (AvgIpc) is 3.06. The number of hydrogen-bond donors (Lipinski definition) is 0. The maximum absolute atomic E-state index is 14.3. The number of benzene rings is 4. The first-order valence-corrected chi connectivity index (χ1v) is 14.4. The molecule has 6 rings (SSSR count). The number of fused-ring (bicyclic) bond motifs is 3. The highest BCUT2D eigenvalue weighted by Crippen LogP contribution is 2.68. The second kappa shape index (κ2) is 8.56. The first-order chi connectivity index (χ1) is 16.1. The normalized spacial score (nSPS) is 23.2. The highest BCUT2D eigenvalue weighted by atomic mass is 35.7. The molecule has 1 aliphatic heterocycles. The zero-order valence-corrected chi connectivity index (χ0v) is 20.3. The molecule has 0 spiro atoms. The minimum Gasteiger partial charge on any atom is -0.271 e. The monoisotopic (exact) mass is 474 g/mol. The Hall–Kier alpha value is -2.16. The third kappa shape index (κ3) is 3.72. The van der Waals surface area contributed by atoms with Crippen LogP contribution in [0.3, 0.4) is 0 Å². The second-order valence-corrected chi connectivity index (χ2v) is 12.7. The third-order valence-corrected chi connectivity index (χ3v) is 10.8. The van der Waals surface area contributed by atoms with Crippen molar-refractivity contribution < 1.29 is 4.57 Å². The van der Waals surface area contributed by atoms with E-state index in [1.165, 1.54) is 45.5 Å². The van der Waals surface area contributed by atoms with Crippen LogP contribution in [0.5, 0.6) is 0 Å². The molecule has 0 unspecified atom stereocenters. The number of hydrogen-bond acceptors (Lipinski definition) is 1. The van der Waals surface area contributed by atoms with E-state index in [2.05, 4.69) is 94.3 Å². The smallest absolute Gasteiger partial charge is 0.271 e. The van der Waals surface area contributed by atoms with Gasteiger partial charge in [-0.15, -0.1) is 0 Å². The van der Waals surface area contributed by atoms with E-state index < -0.39 is 6.80 Å². The Bertz CT molecular complexity index is 1260. The molecule has 2 atom stereocenters. The van der Waals surface area contributed by atoms with Gasteiger partial charge in [-0.25, -0.2) is 9.34 Å². The standard InChI is InChI=1S/C28H28ClN2OP/c29-33(32)30(19-23-13-7-11-21-9-1-3-15-25(21)23)27-17-5-6-18-28(27)31(33)20-24-14-8-12-22-10-2-4-16-26(22)24/h1-4,7-16,27-28H,5-6,17-20H2/t27-,28-/m1/s1. The van der Waals surface area contributed by atoms with Crippen molar-refractivity contribution in [3.63, 3.8) is 0 Å². The molecule has 1 saturated carbocycles. The topological polar surface area (TPSA) is 23.6 Å². The van der Waals surface area contributed by atoms with Crippen molar-refractivity contribution in [2.24, 2.45) is 0 Å². The summed E-state index contributed by atoms with van der Waals surface area (Å²) >= 11 is 7.08. The maximum atomic E-state index is 14.3. The van der Waals surface area contributed by atoms with Gasteiger partial charge in [-0.3, -0.25) is 4.57 Å². The van der Waals surface area contributed by atoms with Crippen LogP contribution in [0.1, 0.15) is 36.8 Å². The van der Waals surface area contributed by atoms with Crippen molar-refractivity contribution >= 4 is 39.6 Å². The molecule has 0 amide bonds. The molecule has 0 radical (unpaired) electrons. The van der Waals surface area contributed by atoms with E-state index in [4.69, 9.17) is 11.2 Å². The van der Waals surface area contributed by atoms with Gasteiger partial charge in [0, 0.05) is 25.2 Å². The Morgan fingerprint density at radius 1 is 0.667 bits per heavy atom. The Balaban J connectivity index is 1.38. The van der Waals surface area contributed by atoms with Crippen LogP contribution in [0.4, 0.5) is 0 Å². The predicted molar refractivity (Wildman–Crippen MR) is 138 cm³/mol. The molecular formula is C28H28ClN2OP. The quantitative estimate of drug-likeness (QED) is 0.280. The zero-order chi connectivity index (χ0) is 22.4. The fourth-order valence-corrected chi connectivity index (χ4v) is 9.13. The molecule has 5 heteroatoms. The van der Waals surface area contributed by atoms with Crippen LogP contribution in [0.2, 0.25) is 0 Å². The van der Waals surface area contributed by atoms with Gasteiger partial charge in [0.15, 0.2) is 0 Å². The van der Waals surface area contributed by atoms with Gasteiger partial charge in [0.1, 0.15) is 0 Å². The Labute approximate surface area is 200 Å². The summed E-state index contributed by atoms with van der Waals surface area (Å²) in [6.45, 7) is -1.98. The van der Waals surface area contributed by atoms with Gasteiger partial charge in [-0.2, -0.15) is 0 Å². The van der Waals surface area contributed by atoms with Crippen molar-refractivity contribution in [2.45, 2.75) is 50.9 Å². The first kappa shape index (κ1) is 21.4. The van der Waals surface area contributed by atoms with Crippen LogP contribution < -0.4 is 0 Å². The molecule has 1 aliphatic carbocycles. The molecule has 1 heterocycles. The summed E-state index contributed by atoms with van der Waals surface area (Å²) in [7, 11) is 0. The third-order valence-electron chi connectivity index (χ3n) is 7.52. The highest BCUT2D eigenvalue weighted by molar-refractivity contribution is 7.85. The van der Waals surface area contributed by atoms with Crippen molar-refractivity contribution in [1.82, 2.24) is 9.34 Å². The summed E-state index contributed by atoms with van der Waals surface area (Å²) in [4.78, 5) is 0. The van der Waals surface area contributed by atoms with Gasteiger partial charge in [-0.05, 0) is 56.8 Å². The van der Waals surface area contributed by atoms with Crippen LogP contribution in [-0.4, -0.2) is 21.4 Å². The summed E-state index contributed by atoms with van der Waals surface area (Å²) in [6, 6.07) is 30.1. The van der Waals surface area contributed by atoms with Crippen LogP contribution in [-0.2, 0) is 17.7 Å². The van der Waals surface area contributed by atoms with E-state index in [9.17, 15) is 4.57 Å². The summed E-state index contributed by atoms with van der Waals surface area (Å²) in [5.41, 5.74) is 2.40. The molecule has 0 N–H and O–H groups in total. The Morgan fingerprint density at radius 2 is 1.09 bits per heavy atom. The van der Waals surface area contributed by atoms with Gasteiger partial charge in [0.25, 0.3) is 0 Å². The Kier molecular flexibility index (Phi) is 5.55. The van der Waals surface area contributed by atoms with E-state index in [0.29, 0.717) is 13.1 Å².